The molecule has 7 rings (SSSR count). The Morgan fingerprint density at radius 1 is 0.840 bits per heavy atom. The van der Waals surface area contributed by atoms with Crippen molar-refractivity contribution in [3.63, 3.8) is 0 Å². The summed E-state index contributed by atoms with van der Waals surface area (Å²) >= 11 is 6.51. The second-order valence-corrected chi connectivity index (χ2v) is 20.6. The Labute approximate surface area is 442 Å². The van der Waals surface area contributed by atoms with E-state index in [-0.39, 0.29) is 54.4 Å². The zero-order chi connectivity index (χ0) is 52.6. The number of aromatic nitrogens is 7. The number of hydrogen-bond donors (Lipinski definition) is 2. The SMILES string of the molecule is O=C(NCCOCCOCCOCCOCc1cn(CCOCCOCCOCCOCCC2=C(F)CC(F)C=C2F)nn1)C1Cc2ccccc2C1Nc1nc(Cl)nc2c1cnn2C1CCC(CO[P+](=O)CP)C1. The van der Waals surface area contributed by atoms with Crippen molar-refractivity contribution in [2.75, 3.05) is 123 Å². The van der Waals surface area contributed by atoms with Gasteiger partial charge in [0.15, 0.2) is 11.6 Å². The molecule has 7 unspecified atom stereocenters. The number of carbonyl (C=O) groups excluding carboxylic acids is 1. The smallest absolute Gasteiger partial charge is 0.379 e. The molecule has 3 heterocycles. The third-order valence-electron chi connectivity index (χ3n) is 12.6. The van der Waals surface area contributed by atoms with E-state index in [1.807, 2.05) is 28.9 Å². The number of alkyl halides is 1. The van der Waals surface area contributed by atoms with Gasteiger partial charge in [-0.1, -0.05) is 38.7 Å². The third-order valence-corrected chi connectivity index (χ3v) is 14.4. The first-order valence-corrected chi connectivity index (χ1v) is 27.9. The van der Waals surface area contributed by atoms with Gasteiger partial charge in [0.05, 0.1) is 148 Å². The minimum Gasteiger partial charge on any atom is -0.379 e. The highest BCUT2D eigenvalue weighted by molar-refractivity contribution is 7.49. The fraction of sp³-hybridized carbons (Fsp3) is 0.633. The van der Waals surface area contributed by atoms with Gasteiger partial charge in [-0.05, 0) is 65.0 Å². The number of fused-ring (bicyclic) bond motifs is 2. The van der Waals surface area contributed by atoms with E-state index in [0.29, 0.717) is 147 Å². The molecule has 0 saturated heterocycles. The van der Waals surface area contributed by atoms with Gasteiger partial charge in [0.25, 0.3) is 0 Å². The van der Waals surface area contributed by atoms with Crippen molar-refractivity contribution in [2.24, 2.45) is 11.8 Å². The van der Waals surface area contributed by atoms with Crippen LogP contribution in [0.3, 0.4) is 0 Å². The minimum atomic E-state index is -1.66. The van der Waals surface area contributed by atoms with E-state index in [2.05, 4.69) is 40.2 Å². The molecular formula is C49H68ClF3N9O11P2+. The van der Waals surface area contributed by atoms with Gasteiger partial charge >= 0.3 is 8.03 Å². The number of nitrogens with one attached hydrogen (secondary N) is 2. The number of rotatable bonds is 37. The molecule has 20 nitrogen and oxygen atoms in total. The normalized spacial score (nSPS) is 19.8. The summed E-state index contributed by atoms with van der Waals surface area (Å²) < 4.78 is 106. The number of allylic oxidation sites excluding steroid dienone is 3. The van der Waals surface area contributed by atoms with Crippen LogP contribution in [0.1, 0.15) is 61.0 Å². The van der Waals surface area contributed by atoms with Crippen molar-refractivity contribution in [1.29, 1.82) is 0 Å². The summed E-state index contributed by atoms with van der Waals surface area (Å²) in [6, 6.07) is 7.74. The summed E-state index contributed by atoms with van der Waals surface area (Å²) in [5.41, 5.74) is 3.29. The van der Waals surface area contributed by atoms with E-state index < -0.39 is 38.2 Å². The zero-order valence-corrected chi connectivity index (χ0v) is 44.8. The largest absolute Gasteiger partial charge is 0.511 e. The van der Waals surface area contributed by atoms with Crippen LogP contribution in [0.5, 0.6) is 0 Å². The van der Waals surface area contributed by atoms with Crippen molar-refractivity contribution in [3.8, 4) is 0 Å². The number of anilines is 1. The molecule has 3 aliphatic rings. The summed E-state index contributed by atoms with van der Waals surface area (Å²) in [7, 11) is 0.791. The fourth-order valence-electron chi connectivity index (χ4n) is 8.92. The van der Waals surface area contributed by atoms with Crippen molar-refractivity contribution in [1.82, 2.24) is 40.1 Å². The summed E-state index contributed by atoms with van der Waals surface area (Å²) in [5, 5.41) is 20.3. The Kier molecular flexibility index (Phi) is 25.0. The van der Waals surface area contributed by atoms with Crippen LogP contribution in [-0.2, 0) is 71.4 Å². The van der Waals surface area contributed by atoms with E-state index >= 15 is 0 Å². The number of carbonyl (C=O) groups is 1. The lowest BCUT2D eigenvalue weighted by atomic mass is 9.99. The average molecular weight is 1110 g/mol. The standard InChI is InChI=1S/C49H67ClF3N9O11P2/c50-49-57-46(42-29-55-62(47(42)58-49)38-6-5-34(25-38)31-73-75(64)33-74)56-45-39-4-2-1-3-35(39)26-41(45)48(63)54-8-11-66-14-17-69-21-22-71-23-24-72-32-37-30-61(60-59-37)9-12-67-15-18-70-20-19-68-16-13-65-10-7-40-43(52)27-36(51)28-44(40)53/h1-4,27,29-30,34,36,38,41,45H,5-26,28,31-33,74H2,(H-,54,55,56,57,58,63)/p+1. The highest BCUT2D eigenvalue weighted by atomic mass is 35.5. The molecule has 4 aromatic rings. The maximum Gasteiger partial charge on any atom is 0.511 e. The van der Waals surface area contributed by atoms with Gasteiger partial charge in [0.1, 0.15) is 35.9 Å². The van der Waals surface area contributed by atoms with Crippen LogP contribution in [-0.4, -0.2) is 165 Å². The highest BCUT2D eigenvalue weighted by Crippen LogP contribution is 2.42. The van der Waals surface area contributed by atoms with Gasteiger partial charge in [-0.2, -0.15) is 15.1 Å². The van der Waals surface area contributed by atoms with Gasteiger partial charge in [-0.3, -0.25) is 4.79 Å². The van der Waals surface area contributed by atoms with Gasteiger partial charge in [0.2, 0.25) is 11.2 Å². The number of hydrogen-bond acceptors (Lipinski definition) is 17. The van der Waals surface area contributed by atoms with E-state index in [9.17, 15) is 22.5 Å². The number of ether oxygens (including phenoxy) is 8. The Morgan fingerprint density at radius 3 is 2.21 bits per heavy atom. The monoisotopic (exact) mass is 1110 g/mol. The molecule has 0 bridgehead atoms. The molecule has 75 heavy (non-hydrogen) atoms. The second-order valence-electron chi connectivity index (χ2n) is 17.9. The zero-order valence-electron chi connectivity index (χ0n) is 42.0. The molecule has 412 valence electrons. The van der Waals surface area contributed by atoms with Gasteiger partial charge < -0.3 is 48.5 Å². The third kappa shape index (κ3) is 18.8. The van der Waals surface area contributed by atoms with Gasteiger partial charge in [0, 0.05) is 25.0 Å². The minimum absolute atomic E-state index is 0.0380. The first kappa shape index (κ1) is 58.6. The lowest BCUT2D eigenvalue weighted by Crippen LogP contribution is -2.37. The molecule has 7 atom stereocenters. The summed E-state index contributed by atoms with van der Waals surface area (Å²) in [4.78, 5) is 22.8. The van der Waals surface area contributed by atoms with E-state index in [1.54, 1.807) is 17.1 Å². The number of halogens is 4. The van der Waals surface area contributed by atoms with Crippen LogP contribution in [0.15, 0.2) is 60.0 Å². The number of nitrogens with zero attached hydrogens (tertiary/aromatic N) is 7. The molecule has 2 N–H and O–H groups in total. The second kappa shape index (κ2) is 32.0. The Balaban J connectivity index is 0.666. The number of amides is 1. The Hall–Kier alpha value is -4.09. The van der Waals surface area contributed by atoms with E-state index in [1.165, 1.54) is 0 Å². The van der Waals surface area contributed by atoms with Crippen molar-refractivity contribution in [3.05, 3.63) is 82.1 Å². The summed E-state index contributed by atoms with van der Waals surface area (Å²) in [6.07, 6.45) is 5.52. The molecule has 3 aliphatic carbocycles. The predicted octanol–water partition coefficient (Wildman–Crippen LogP) is 6.99. The van der Waals surface area contributed by atoms with Crippen LogP contribution in [0, 0.1) is 11.8 Å². The van der Waals surface area contributed by atoms with Crippen molar-refractivity contribution in [2.45, 2.75) is 69.9 Å². The maximum absolute atomic E-state index is 13.7. The van der Waals surface area contributed by atoms with Gasteiger partial charge in [-0.25, -0.2) is 22.5 Å². The quantitative estimate of drug-likeness (QED) is 0.0264. The first-order chi connectivity index (χ1) is 36.7. The topological polar surface area (TPSA) is 216 Å². The molecule has 0 aliphatic heterocycles. The Morgan fingerprint density at radius 2 is 1.51 bits per heavy atom. The lowest BCUT2D eigenvalue weighted by Gasteiger charge is -2.22. The molecule has 1 fully saturated rings. The van der Waals surface area contributed by atoms with Crippen molar-refractivity contribution < 1.29 is 64.9 Å². The van der Waals surface area contributed by atoms with Crippen LogP contribution in [0.25, 0.3) is 11.0 Å². The summed E-state index contributed by atoms with van der Waals surface area (Å²) in [6.45, 7) is 6.90. The molecule has 1 saturated carbocycles. The van der Waals surface area contributed by atoms with Crippen LogP contribution in [0.4, 0.5) is 19.0 Å². The molecule has 1 amide bonds. The molecule has 26 heteroatoms. The average Bonchev–Trinajstić information content (AvgIpc) is 4.24. The van der Waals surface area contributed by atoms with Crippen LogP contribution in [0.2, 0.25) is 5.28 Å². The van der Waals surface area contributed by atoms with Crippen LogP contribution < -0.4 is 10.6 Å². The highest BCUT2D eigenvalue weighted by Gasteiger charge is 2.38. The molecule has 0 radical (unpaired) electrons. The maximum atomic E-state index is 13.7. The van der Waals surface area contributed by atoms with Crippen LogP contribution >= 0.6 is 28.9 Å². The van der Waals surface area contributed by atoms with Gasteiger partial charge in [-0.15, -0.1) is 9.62 Å². The molecule has 0 spiro atoms. The predicted molar refractivity (Wildman–Crippen MR) is 275 cm³/mol. The molecule has 1 aromatic carbocycles. The first-order valence-electron chi connectivity index (χ1n) is 25.4. The summed E-state index contributed by atoms with van der Waals surface area (Å²) in [5.74, 6) is -0.928. The fourth-order valence-corrected chi connectivity index (χ4v) is 9.89. The van der Waals surface area contributed by atoms with E-state index in [0.717, 1.165) is 36.5 Å². The van der Waals surface area contributed by atoms with Crippen molar-refractivity contribution >= 4 is 51.6 Å². The number of benzene rings is 1. The van der Waals surface area contributed by atoms with E-state index in [4.69, 9.17) is 59.1 Å². The Bertz CT molecular complexity index is 2480. The molecular weight excluding hydrogens is 1040 g/mol. The lowest BCUT2D eigenvalue weighted by molar-refractivity contribution is -0.125. The molecule has 3 aromatic heterocycles.